The molecule has 0 radical (unpaired) electrons. The number of halogens is 1. The first-order valence-electron chi connectivity index (χ1n) is 6.21. The molecule has 2 aromatic rings. The zero-order valence-corrected chi connectivity index (χ0v) is 11.9. The normalized spacial score (nSPS) is 15.2. The molecule has 3 rings (SSSR count). The molecular formula is C13H16ClN3S. The lowest BCUT2D eigenvalue weighted by Crippen LogP contribution is -2.15. The van der Waals surface area contributed by atoms with E-state index in [0.717, 1.165) is 23.5 Å². The van der Waals surface area contributed by atoms with E-state index >= 15 is 0 Å². The number of hydrogen-bond acceptors (Lipinski definition) is 3. The zero-order valence-electron chi connectivity index (χ0n) is 10.3. The summed E-state index contributed by atoms with van der Waals surface area (Å²) in [5, 5.41) is 7.98. The smallest absolute Gasteiger partial charge is 0.0931 e. The van der Waals surface area contributed by atoms with Crippen molar-refractivity contribution < 1.29 is 0 Å². The van der Waals surface area contributed by atoms with Crippen LogP contribution in [-0.2, 0) is 13.1 Å². The fourth-order valence-corrected chi connectivity index (χ4v) is 3.01. The minimum absolute atomic E-state index is 0.740. The predicted molar refractivity (Wildman–Crippen MR) is 75.3 cm³/mol. The molecule has 0 bridgehead atoms. The van der Waals surface area contributed by atoms with Crippen LogP contribution < -0.4 is 5.32 Å². The van der Waals surface area contributed by atoms with Crippen LogP contribution in [-0.4, -0.2) is 15.8 Å². The van der Waals surface area contributed by atoms with E-state index in [1.165, 1.54) is 29.0 Å². The first-order chi connectivity index (χ1) is 8.72. The monoisotopic (exact) mass is 281 g/mol. The van der Waals surface area contributed by atoms with E-state index in [1.807, 2.05) is 16.9 Å². The average Bonchev–Trinajstić information content (AvgIpc) is 3.01. The molecule has 1 fully saturated rings. The van der Waals surface area contributed by atoms with Gasteiger partial charge in [-0.1, -0.05) is 11.6 Å². The van der Waals surface area contributed by atoms with Gasteiger partial charge in [-0.15, -0.1) is 11.3 Å². The van der Waals surface area contributed by atoms with Crippen molar-refractivity contribution in [3.63, 3.8) is 0 Å². The summed E-state index contributed by atoms with van der Waals surface area (Å²) in [6.07, 6.45) is 4.61. The van der Waals surface area contributed by atoms with Crippen LogP contribution in [0.2, 0.25) is 4.34 Å². The van der Waals surface area contributed by atoms with E-state index in [4.69, 9.17) is 11.6 Å². The first kappa shape index (κ1) is 12.2. The van der Waals surface area contributed by atoms with Gasteiger partial charge in [-0.3, -0.25) is 4.68 Å². The molecule has 2 heterocycles. The molecule has 0 spiro atoms. The molecule has 0 atom stereocenters. The van der Waals surface area contributed by atoms with Crippen LogP contribution in [0, 0.1) is 6.92 Å². The highest BCUT2D eigenvalue weighted by Crippen LogP contribution is 2.23. The predicted octanol–water partition coefficient (Wildman–Crippen LogP) is 3.21. The highest BCUT2D eigenvalue weighted by molar-refractivity contribution is 7.16. The van der Waals surface area contributed by atoms with Gasteiger partial charge in [-0.2, -0.15) is 5.10 Å². The molecule has 0 saturated heterocycles. The molecule has 1 aliphatic rings. The van der Waals surface area contributed by atoms with Gasteiger partial charge in [-0.05, 0) is 31.9 Å². The largest absolute Gasteiger partial charge is 0.310 e. The van der Waals surface area contributed by atoms with Gasteiger partial charge < -0.3 is 5.32 Å². The van der Waals surface area contributed by atoms with Crippen LogP contribution in [0.4, 0.5) is 0 Å². The van der Waals surface area contributed by atoms with Gasteiger partial charge >= 0.3 is 0 Å². The summed E-state index contributed by atoms with van der Waals surface area (Å²) in [5.74, 6) is 0. The van der Waals surface area contributed by atoms with Crippen molar-refractivity contribution in [1.29, 1.82) is 0 Å². The Morgan fingerprint density at radius 3 is 3.00 bits per heavy atom. The van der Waals surface area contributed by atoms with E-state index in [-0.39, 0.29) is 0 Å². The Hall–Kier alpha value is -0.840. The third kappa shape index (κ3) is 2.76. The van der Waals surface area contributed by atoms with Crippen LogP contribution >= 0.6 is 22.9 Å². The molecule has 2 aromatic heterocycles. The second kappa shape index (κ2) is 5.03. The van der Waals surface area contributed by atoms with Crippen LogP contribution in [0.25, 0.3) is 0 Å². The Balaban J connectivity index is 1.68. The Morgan fingerprint density at radius 2 is 2.33 bits per heavy atom. The highest BCUT2D eigenvalue weighted by Gasteiger charge is 2.20. The molecule has 96 valence electrons. The maximum Gasteiger partial charge on any atom is 0.0931 e. The molecule has 3 nitrogen and oxygen atoms in total. The Kier molecular flexibility index (Phi) is 3.41. The van der Waals surface area contributed by atoms with Crippen molar-refractivity contribution in [2.24, 2.45) is 0 Å². The minimum Gasteiger partial charge on any atom is -0.310 e. The zero-order chi connectivity index (χ0) is 12.5. The quantitative estimate of drug-likeness (QED) is 0.912. The molecule has 1 saturated carbocycles. The molecule has 1 aliphatic carbocycles. The van der Waals surface area contributed by atoms with Crippen LogP contribution in [0.1, 0.15) is 29.0 Å². The van der Waals surface area contributed by atoms with Crippen molar-refractivity contribution in [1.82, 2.24) is 15.1 Å². The van der Waals surface area contributed by atoms with Crippen molar-refractivity contribution >= 4 is 22.9 Å². The third-order valence-corrected chi connectivity index (χ3v) is 4.51. The van der Waals surface area contributed by atoms with Crippen molar-refractivity contribution in [2.75, 3.05) is 0 Å². The summed E-state index contributed by atoms with van der Waals surface area (Å²) in [6, 6.07) is 4.75. The Morgan fingerprint density at radius 1 is 1.50 bits per heavy atom. The second-order valence-electron chi connectivity index (χ2n) is 4.77. The number of rotatable bonds is 5. The molecule has 0 amide bonds. The molecular weight excluding hydrogens is 266 g/mol. The molecule has 1 N–H and O–H groups in total. The molecule has 0 aliphatic heterocycles. The fraction of sp³-hybridized carbons (Fsp3) is 0.462. The summed E-state index contributed by atoms with van der Waals surface area (Å²) in [6.45, 7) is 3.88. The van der Waals surface area contributed by atoms with Crippen LogP contribution in [0.3, 0.4) is 0 Å². The van der Waals surface area contributed by atoms with Gasteiger partial charge in [0.2, 0.25) is 0 Å². The Bertz CT molecular complexity index is 542. The molecule has 5 heteroatoms. The van der Waals surface area contributed by atoms with Crippen molar-refractivity contribution in [3.8, 4) is 0 Å². The maximum absolute atomic E-state index is 5.94. The maximum atomic E-state index is 5.94. The molecule has 0 unspecified atom stereocenters. The number of aromatic nitrogens is 2. The van der Waals surface area contributed by atoms with E-state index in [9.17, 15) is 0 Å². The third-order valence-electron chi connectivity index (χ3n) is 3.30. The molecule has 18 heavy (non-hydrogen) atoms. The lowest BCUT2D eigenvalue weighted by molar-refractivity contribution is 0.659. The van der Waals surface area contributed by atoms with Gasteiger partial charge in [0, 0.05) is 28.7 Å². The summed E-state index contributed by atoms with van der Waals surface area (Å²) < 4.78 is 2.89. The lowest BCUT2D eigenvalue weighted by atomic mass is 10.2. The van der Waals surface area contributed by atoms with Gasteiger partial charge in [0.1, 0.15) is 0 Å². The second-order valence-corrected chi connectivity index (χ2v) is 6.57. The molecule has 0 aromatic carbocycles. The number of hydrogen-bond donors (Lipinski definition) is 1. The summed E-state index contributed by atoms with van der Waals surface area (Å²) in [4.78, 5) is 1.24. The lowest BCUT2D eigenvalue weighted by Gasteiger charge is -2.05. The van der Waals surface area contributed by atoms with E-state index < -0.39 is 0 Å². The first-order valence-corrected chi connectivity index (χ1v) is 7.40. The van der Waals surface area contributed by atoms with Gasteiger partial charge in [0.15, 0.2) is 0 Å². The number of nitrogens with one attached hydrogen (secondary N) is 1. The standard InChI is InChI=1S/C13H16ClN3S/c1-9-10(6-15-11-2-3-11)7-16-17(9)8-12-4-5-13(14)18-12/h4-5,7,11,15H,2-3,6,8H2,1H3. The SMILES string of the molecule is Cc1c(CNC2CC2)cnn1Cc1ccc(Cl)s1. The number of thiophene rings is 1. The number of nitrogens with zero attached hydrogens (tertiary/aromatic N) is 2. The van der Waals surface area contributed by atoms with E-state index in [1.54, 1.807) is 11.3 Å². The highest BCUT2D eigenvalue weighted by atomic mass is 35.5. The minimum atomic E-state index is 0.740. The van der Waals surface area contributed by atoms with Crippen molar-refractivity contribution in [3.05, 3.63) is 38.8 Å². The van der Waals surface area contributed by atoms with Gasteiger partial charge in [0.25, 0.3) is 0 Å². The summed E-state index contributed by atoms with van der Waals surface area (Å²) >= 11 is 7.56. The van der Waals surface area contributed by atoms with E-state index in [2.05, 4.69) is 23.4 Å². The van der Waals surface area contributed by atoms with E-state index in [0.29, 0.717) is 0 Å². The Labute approximate surface area is 116 Å². The summed E-state index contributed by atoms with van der Waals surface area (Å²) in [7, 11) is 0. The fourth-order valence-electron chi connectivity index (χ4n) is 1.94. The summed E-state index contributed by atoms with van der Waals surface area (Å²) in [5.41, 5.74) is 2.54. The topological polar surface area (TPSA) is 29.9 Å². The van der Waals surface area contributed by atoms with Gasteiger partial charge in [0.05, 0.1) is 17.1 Å². The van der Waals surface area contributed by atoms with Crippen molar-refractivity contribution in [2.45, 2.75) is 38.9 Å². The van der Waals surface area contributed by atoms with Gasteiger partial charge in [-0.25, -0.2) is 0 Å². The average molecular weight is 282 g/mol. The van der Waals surface area contributed by atoms with Crippen LogP contribution in [0.5, 0.6) is 0 Å². The van der Waals surface area contributed by atoms with Crippen LogP contribution in [0.15, 0.2) is 18.3 Å².